The zero-order valence-electron chi connectivity index (χ0n) is 7.66. The van der Waals surface area contributed by atoms with E-state index in [-0.39, 0.29) is 5.41 Å². The molecule has 0 aromatic carbocycles. The summed E-state index contributed by atoms with van der Waals surface area (Å²) in [5.74, 6) is -0.211. The molecule has 1 unspecified atom stereocenters. The summed E-state index contributed by atoms with van der Waals surface area (Å²) in [5, 5.41) is 9.15. The maximum Gasteiger partial charge on any atom is 0.317 e. The average molecular weight is 180 g/mol. The van der Waals surface area contributed by atoms with Crippen molar-refractivity contribution in [2.45, 2.75) is 25.7 Å². The molecule has 0 spiro atoms. The minimum Gasteiger partial charge on any atom is -0.480 e. The number of nitrogens with one attached hydrogen (secondary N) is 1. The highest BCUT2D eigenvalue weighted by molar-refractivity contribution is 5.85. The normalized spacial score (nSPS) is 30.0. The number of rotatable bonds is 2. The van der Waals surface area contributed by atoms with Crippen molar-refractivity contribution in [2.24, 2.45) is 5.41 Å². The lowest BCUT2D eigenvalue weighted by molar-refractivity contribution is -0.141. The fourth-order valence-corrected chi connectivity index (χ4v) is 1.99. The molecule has 1 fully saturated rings. The molecule has 1 saturated carbocycles. The Labute approximate surface area is 76.0 Å². The van der Waals surface area contributed by atoms with Crippen LogP contribution in [0.4, 0.5) is 0 Å². The van der Waals surface area contributed by atoms with Crippen molar-refractivity contribution >= 4 is 5.97 Å². The molecule has 1 aliphatic rings. The quantitative estimate of drug-likeness (QED) is 0.717. The van der Waals surface area contributed by atoms with E-state index in [0.717, 1.165) is 0 Å². The molecule has 1 heterocycles. The third kappa shape index (κ3) is 0.855. The smallest absolute Gasteiger partial charge is 0.317 e. The second-order valence-electron chi connectivity index (χ2n) is 4.21. The molecule has 1 atom stereocenters. The van der Waals surface area contributed by atoms with E-state index in [1.807, 2.05) is 13.8 Å². The highest BCUT2D eigenvalue weighted by atomic mass is 16.4. The molecule has 1 aromatic heterocycles. The minimum absolute atomic E-state index is 0.184. The molecule has 4 nitrogen and oxygen atoms in total. The van der Waals surface area contributed by atoms with Crippen LogP contribution >= 0.6 is 0 Å². The van der Waals surface area contributed by atoms with Crippen molar-refractivity contribution in [1.29, 1.82) is 0 Å². The molecule has 0 radical (unpaired) electrons. The first-order chi connectivity index (χ1) is 6.01. The Hall–Kier alpha value is -1.32. The van der Waals surface area contributed by atoms with Crippen molar-refractivity contribution in [3.63, 3.8) is 0 Å². The zero-order valence-corrected chi connectivity index (χ0v) is 7.66. The summed E-state index contributed by atoms with van der Waals surface area (Å²) in [6.45, 7) is 3.90. The largest absolute Gasteiger partial charge is 0.480 e. The van der Waals surface area contributed by atoms with Gasteiger partial charge in [0.25, 0.3) is 0 Å². The van der Waals surface area contributed by atoms with Crippen LogP contribution in [0.15, 0.2) is 12.4 Å². The molecule has 0 bridgehead atoms. The van der Waals surface area contributed by atoms with Gasteiger partial charge in [0.05, 0.1) is 0 Å². The fourth-order valence-electron chi connectivity index (χ4n) is 1.99. The Morgan fingerprint density at radius 1 is 1.69 bits per heavy atom. The molecule has 2 rings (SSSR count). The van der Waals surface area contributed by atoms with Crippen molar-refractivity contribution in [3.8, 4) is 0 Å². The van der Waals surface area contributed by atoms with Crippen LogP contribution in [0.1, 0.15) is 26.1 Å². The highest BCUT2D eigenvalue weighted by Gasteiger charge is 2.69. The third-order valence-corrected chi connectivity index (χ3v) is 3.00. The van der Waals surface area contributed by atoms with Gasteiger partial charge in [0, 0.05) is 12.4 Å². The number of hydrogen-bond acceptors (Lipinski definition) is 2. The summed E-state index contributed by atoms with van der Waals surface area (Å²) in [6.07, 6.45) is 3.91. The molecule has 0 saturated heterocycles. The van der Waals surface area contributed by atoms with E-state index < -0.39 is 11.4 Å². The van der Waals surface area contributed by atoms with Gasteiger partial charge in [-0.15, -0.1) is 0 Å². The number of nitrogens with zero attached hydrogens (tertiary/aromatic N) is 1. The molecule has 0 amide bonds. The number of carbonyl (C=O) groups is 1. The van der Waals surface area contributed by atoms with E-state index in [1.165, 1.54) is 0 Å². The number of H-pyrrole nitrogens is 1. The number of aromatic nitrogens is 2. The highest BCUT2D eigenvalue weighted by Crippen LogP contribution is 2.63. The molecule has 13 heavy (non-hydrogen) atoms. The molecule has 1 aromatic rings. The first-order valence-electron chi connectivity index (χ1n) is 4.24. The minimum atomic E-state index is -0.785. The predicted octanol–water partition coefficient (Wildman–Crippen LogP) is 1.16. The van der Waals surface area contributed by atoms with Crippen LogP contribution in [-0.4, -0.2) is 21.0 Å². The summed E-state index contributed by atoms with van der Waals surface area (Å²) in [4.78, 5) is 18.1. The van der Waals surface area contributed by atoms with Crippen molar-refractivity contribution in [1.82, 2.24) is 9.97 Å². The summed E-state index contributed by atoms with van der Waals surface area (Å²) < 4.78 is 0. The van der Waals surface area contributed by atoms with E-state index >= 15 is 0 Å². The molecule has 70 valence electrons. The van der Waals surface area contributed by atoms with Gasteiger partial charge in [-0.25, -0.2) is 4.98 Å². The Kier molecular flexibility index (Phi) is 1.36. The first-order valence-corrected chi connectivity index (χ1v) is 4.24. The van der Waals surface area contributed by atoms with Gasteiger partial charge in [-0.2, -0.15) is 0 Å². The Morgan fingerprint density at radius 2 is 2.31 bits per heavy atom. The van der Waals surface area contributed by atoms with Crippen LogP contribution in [0.2, 0.25) is 0 Å². The van der Waals surface area contributed by atoms with E-state index in [1.54, 1.807) is 12.4 Å². The lowest BCUT2D eigenvalue weighted by atomic mass is 9.95. The standard InChI is InChI=1S/C9H12N2O2/c1-8(2)5-9(8,7(12)13)6-10-3-4-11-6/h3-4H,5H2,1-2H3,(H,10,11)(H,12,13). The zero-order chi connectivity index (χ0) is 9.69. The van der Waals surface area contributed by atoms with E-state index in [2.05, 4.69) is 9.97 Å². The summed E-state index contributed by atoms with van der Waals surface area (Å²) >= 11 is 0. The number of hydrogen-bond donors (Lipinski definition) is 2. The van der Waals surface area contributed by atoms with Gasteiger partial charge in [-0.05, 0) is 11.8 Å². The van der Waals surface area contributed by atoms with Gasteiger partial charge in [0.2, 0.25) is 0 Å². The Balaban J connectivity index is 2.45. The van der Waals surface area contributed by atoms with Crippen LogP contribution in [0.5, 0.6) is 0 Å². The molecule has 0 aliphatic heterocycles. The average Bonchev–Trinajstić information content (AvgIpc) is 2.52. The van der Waals surface area contributed by atoms with E-state index in [0.29, 0.717) is 12.2 Å². The van der Waals surface area contributed by atoms with Gasteiger partial charge in [-0.3, -0.25) is 4.79 Å². The monoisotopic (exact) mass is 180 g/mol. The van der Waals surface area contributed by atoms with Crippen molar-refractivity contribution < 1.29 is 9.90 Å². The molecular formula is C9H12N2O2. The lowest BCUT2D eigenvalue weighted by Gasteiger charge is -2.12. The number of aromatic amines is 1. The number of imidazole rings is 1. The Morgan fingerprint density at radius 3 is 2.62 bits per heavy atom. The maximum absolute atomic E-state index is 11.1. The Bertz CT molecular complexity index is 343. The topological polar surface area (TPSA) is 66.0 Å². The lowest BCUT2D eigenvalue weighted by Crippen LogP contribution is -2.26. The van der Waals surface area contributed by atoms with Gasteiger partial charge in [0.15, 0.2) is 0 Å². The first kappa shape index (κ1) is 8.29. The fraction of sp³-hybridized carbons (Fsp3) is 0.556. The maximum atomic E-state index is 11.1. The summed E-state index contributed by atoms with van der Waals surface area (Å²) in [5.41, 5.74) is -0.965. The number of carboxylic acids is 1. The van der Waals surface area contributed by atoms with Crippen LogP contribution in [0, 0.1) is 5.41 Å². The number of aliphatic carboxylic acids is 1. The van der Waals surface area contributed by atoms with E-state index in [9.17, 15) is 4.79 Å². The molecule has 4 heteroatoms. The second kappa shape index (κ2) is 2.13. The third-order valence-electron chi connectivity index (χ3n) is 3.00. The molecule has 1 aliphatic carbocycles. The molecule has 2 N–H and O–H groups in total. The summed E-state index contributed by atoms with van der Waals surface area (Å²) in [6, 6.07) is 0. The van der Waals surface area contributed by atoms with Crippen molar-refractivity contribution in [2.75, 3.05) is 0 Å². The summed E-state index contributed by atoms with van der Waals surface area (Å²) in [7, 11) is 0. The van der Waals surface area contributed by atoms with Crippen molar-refractivity contribution in [3.05, 3.63) is 18.2 Å². The van der Waals surface area contributed by atoms with Crippen LogP contribution in [-0.2, 0) is 10.2 Å². The SMILES string of the molecule is CC1(C)CC1(C(=O)O)c1ncc[nH]1. The second-order valence-corrected chi connectivity index (χ2v) is 4.21. The number of carboxylic acid groups (broad SMARTS) is 1. The molecular weight excluding hydrogens is 168 g/mol. The van der Waals surface area contributed by atoms with Gasteiger partial charge < -0.3 is 10.1 Å². The van der Waals surface area contributed by atoms with Gasteiger partial charge >= 0.3 is 5.97 Å². The van der Waals surface area contributed by atoms with E-state index in [4.69, 9.17) is 5.11 Å². The van der Waals surface area contributed by atoms with Crippen LogP contribution < -0.4 is 0 Å². The van der Waals surface area contributed by atoms with Crippen LogP contribution in [0.25, 0.3) is 0 Å². The van der Waals surface area contributed by atoms with Crippen LogP contribution in [0.3, 0.4) is 0 Å². The predicted molar refractivity (Wildman–Crippen MR) is 46.3 cm³/mol. The van der Waals surface area contributed by atoms with Gasteiger partial charge in [0.1, 0.15) is 11.2 Å². The van der Waals surface area contributed by atoms with Gasteiger partial charge in [-0.1, -0.05) is 13.8 Å².